The van der Waals surface area contributed by atoms with Crippen LogP contribution in [0.25, 0.3) is 0 Å². The first-order chi connectivity index (χ1) is 9.24. The summed E-state index contributed by atoms with van der Waals surface area (Å²) in [5.74, 6) is -1.19. The second-order valence-electron chi connectivity index (χ2n) is 4.59. The van der Waals surface area contributed by atoms with Gasteiger partial charge >= 0.3 is 5.97 Å². The molecular weight excluding hydrogens is 282 g/mol. The molecule has 0 saturated carbocycles. The molecule has 0 aliphatic carbocycles. The van der Waals surface area contributed by atoms with E-state index >= 15 is 0 Å². The predicted molar refractivity (Wildman–Crippen MR) is 74.1 cm³/mol. The largest absolute Gasteiger partial charge is 0.478 e. The third-order valence-electron chi connectivity index (χ3n) is 3.30. The Hall–Kier alpha value is -1.44. The van der Waals surface area contributed by atoms with Crippen molar-refractivity contribution in [3.63, 3.8) is 0 Å². The fourth-order valence-electron chi connectivity index (χ4n) is 1.61. The lowest BCUT2D eigenvalue weighted by Gasteiger charge is -2.25. The highest BCUT2D eigenvalue weighted by atomic mass is 32.2. The van der Waals surface area contributed by atoms with Crippen molar-refractivity contribution in [1.29, 1.82) is 0 Å². The van der Waals surface area contributed by atoms with Crippen molar-refractivity contribution in [1.82, 2.24) is 4.72 Å². The summed E-state index contributed by atoms with van der Waals surface area (Å²) < 4.78 is 26.5. The van der Waals surface area contributed by atoms with Gasteiger partial charge in [-0.25, -0.2) is 17.9 Å². The van der Waals surface area contributed by atoms with Crippen molar-refractivity contribution < 1.29 is 23.4 Å². The summed E-state index contributed by atoms with van der Waals surface area (Å²) in [6, 6.07) is 5.08. The number of carbonyl (C=O) groups is 1. The van der Waals surface area contributed by atoms with Crippen LogP contribution in [-0.2, 0) is 10.0 Å². The van der Waals surface area contributed by atoms with Crippen LogP contribution in [0.1, 0.15) is 37.0 Å². The van der Waals surface area contributed by atoms with Gasteiger partial charge in [0.25, 0.3) is 0 Å². The van der Waals surface area contributed by atoms with Crippen LogP contribution in [0.15, 0.2) is 29.2 Å². The van der Waals surface area contributed by atoms with Crippen LogP contribution in [0.5, 0.6) is 0 Å². The summed E-state index contributed by atoms with van der Waals surface area (Å²) >= 11 is 0. The van der Waals surface area contributed by atoms with Gasteiger partial charge in [0.05, 0.1) is 16.1 Å². The van der Waals surface area contributed by atoms with Crippen LogP contribution in [-0.4, -0.2) is 36.7 Å². The Labute approximate surface area is 118 Å². The molecule has 3 N–H and O–H groups in total. The first-order valence-corrected chi connectivity index (χ1v) is 7.78. The molecule has 0 spiro atoms. The van der Waals surface area contributed by atoms with E-state index in [0.717, 1.165) is 6.07 Å². The van der Waals surface area contributed by atoms with E-state index in [0.29, 0.717) is 12.8 Å². The van der Waals surface area contributed by atoms with Crippen LogP contribution < -0.4 is 4.72 Å². The van der Waals surface area contributed by atoms with E-state index in [9.17, 15) is 18.3 Å². The number of aliphatic hydroxyl groups is 1. The van der Waals surface area contributed by atoms with Gasteiger partial charge in [-0.2, -0.15) is 0 Å². The smallest absolute Gasteiger partial charge is 0.335 e. The van der Waals surface area contributed by atoms with E-state index in [-0.39, 0.29) is 17.0 Å². The molecule has 1 aromatic carbocycles. The van der Waals surface area contributed by atoms with Gasteiger partial charge in [0, 0.05) is 6.54 Å². The Kier molecular flexibility index (Phi) is 5.27. The average molecular weight is 301 g/mol. The molecule has 0 heterocycles. The first kappa shape index (κ1) is 16.6. The molecule has 0 unspecified atom stereocenters. The molecule has 0 radical (unpaired) electrons. The summed E-state index contributed by atoms with van der Waals surface area (Å²) in [5.41, 5.74) is -1.20. The van der Waals surface area contributed by atoms with Gasteiger partial charge in [0.2, 0.25) is 10.0 Å². The molecule has 1 aromatic rings. The summed E-state index contributed by atoms with van der Waals surface area (Å²) in [4.78, 5) is 10.7. The van der Waals surface area contributed by atoms with Crippen molar-refractivity contribution in [3.05, 3.63) is 29.8 Å². The van der Waals surface area contributed by atoms with Gasteiger partial charge in [-0.05, 0) is 31.0 Å². The normalized spacial score (nSPS) is 12.3. The number of hydrogen-bond acceptors (Lipinski definition) is 4. The Morgan fingerprint density at radius 2 is 1.90 bits per heavy atom. The third kappa shape index (κ3) is 4.03. The van der Waals surface area contributed by atoms with Crippen molar-refractivity contribution in [2.24, 2.45) is 0 Å². The Balaban J connectivity index is 2.95. The Morgan fingerprint density at radius 1 is 1.30 bits per heavy atom. The van der Waals surface area contributed by atoms with Crippen LogP contribution in [0.4, 0.5) is 0 Å². The van der Waals surface area contributed by atoms with Crippen LogP contribution in [0, 0.1) is 0 Å². The van der Waals surface area contributed by atoms with E-state index in [1.54, 1.807) is 13.8 Å². The second kappa shape index (κ2) is 6.34. The van der Waals surface area contributed by atoms with Crippen molar-refractivity contribution in [2.45, 2.75) is 37.2 Å². The highest BCUT2D eigenvalue weighted by Crippen LogP contribution is 2.16. The molecule has 20 heavy (non-hydrogen) atoms. The quantitative estimate of drug-likeness (QED) is 0.702. The van der Waals surface area contributed by atoms with E-state index in [2.05, 4.69) is 4.72 Å². The number of rotatable bonds is 7. The standard InChI is InChI=1S/C13H19NO5S/c1-3-13(17,4-2)9-14-20(18,19)11-7-5-6-10(8-11)12(15)16/h5-8,14,17H,3-4,9H2,1-2H3,(H,15,16). The molecule has 1 rings (SSSR count). The number of hydrogen-bond donors (Lipinski definition) is 3. The maximum Gasteiger partial charge on any atom is 0.335 e. The molecule has 0 aliphatic rings. The minimum Gasteiger partial charge on any atom is -0.478 e. The summed E-state index contributed by atoms with van der Waals surface area (Å²) in [5, 5.41) is 18.9. The molecule has 0 bridgehead atoms. The van der Waals surface area contributed by atoms with Crippen LogP contribution in [0.2, 0.25) is 0 Å². The zero-order valence-electron chi connectivity index (χ0n) is 11.5. The molecule has 0 saturated heterocycles. The molecule has 0 aromatic heterocycles. The van der Waals surface area contributed by atoms with Crippen LogP contribution in [0.3, 0.4) is 0 Å². The maximum atomic E-state index is 12.1. The minimum absolute atomic E-state index is 0.103. The number of sulfonamides is 1. The molecule has 7 heteroatoms. The van der Waals surface area contributed by atoms with Gasteiger partial charge in [0.15, 0.2) is 0 Å². The summed E-state index contributed by atoms with van der Waals surface area (Å²) in [6.45, 7) is 3.42. The van der Waals surface area contributed by atoms with Gasteiger partial charge in [-0.3, -0.25) is 0 Å². The zero-order chi connectivity index (χ0) is 15.4. The maximum absolute atomic E-state index is 12.1. The van der Waals surface area contributed by atoms with E-state index < -0.39 is 21.6 Å². The van der Waals surface area contributed by atoms with Gasteiger partial charge in [-0.1, -0.05) is 19.9 Å². The van der Waals surface area contributed by atoms with Gasteiger partial charge in [0.1, 0.15) is 0 Å². The lowest BCUT2D eigenvalue weighted by atomic mass is 9.98. The molecule has 0 aliphatic heterocycles. The molecular formula is C13H19NO5S. The van der Waals surface area contributed by atoms with E-state index in [1.807, 2.05) is 0 Å². The van der Waals surface area contributed by atoms with Crippen LogP contribution >= 0.6 is 0 Å². The third-order valence-corrected chi connectivity index (χ3v) is 4.70. The van der Waals surface area contributed by atoms with Gasteiger partial charge < -0.3 is 10.2 Å². The number of carboxylic acids is 1. The fourth-order valence-corrected chi connectivity index (χ4v) is 2.77. The second-order valence-corrected chi connectivity index (χ2v) is 6.36. The topological polar surface area (TPSA) is 104 Å². The fraction of sp³-hybridized carbons (Fsp3) is 0.462. The number of aromatic carboxylic acids is 1. The predicted octanol–water partition coefficient (Wildman–Crippen LogP) is 1.21. The Bertz CT molecular complexity index is 578. The van der Waals surface area contributed by atoms with E-state index in [4.69, 9.17) is 5.11 Å². The average Bonchev–Trinajstić information content (AvgIpc) is 2.45. The molecule has 6 nitrogen and oxygen atoms in total. The lowest BCUT2D eigenvalue weighted by Crippen LogP contribution is -2.42. The number of benzene rings is 1. The SMILES string of the molecule is CCC(O)(CC)CNS(=O)(=O)c1cccc(C(=O)O)c1. The summed E-state index contributed by atoms with van der Waals surface area (Å²) in [6.07, 6.45) is 0.836. The number of carboxylic acid groups (broad SMARTS) is 1. The van der Waals surface area contributed by atoms with Crippen molar-refractivity contribution in [3.8, 4) is 0 Å². The minimum atomic E-state index is -3.84. The molecule has 112 valence electrons. The number of nitrogens with one attached hydrogen (secondary N) is 1. The summed E-state index contributed by atoms with van der Waals surface area (Å²) in [7, 11) is -3.84. The zero-order valence-corrected chi connectivity index (χ0v) is 12.3. The van der Waals surface area contributed by atoms with E-state index in [1.165, 1.54) is 18.2 Å². The lowest BCUT2D eigenvalue weighted by molar-refractivity contribution is 0.0377. The molecule has 0 fully saturated rings. The highest BCUT2D eigenvalue weighted by Gasteiger charge is 2.25. The van der Waals surface area contributed by atoms with Gasteiger partial charge in [-0.15, -0.1) is 0 Å². The monoisotopic (exact) mass is 301 g/mol. The highest BCUT2D eigenvalue weighted by molar-refractivity contribution is 7.89. The Morgan fingerprint density at radius 3 is 2.40 bits per heavy atom. The van der Waals surface area contributed by atoms with Crippen molar-refractivity contribution in [2.75, 3.05) is 6.54 Å². The molecule has 0 atom stereocenters. The molecule has 0 amide bonds. The first-order valence-electron chi connectivity index (χ1n) is 6.29. The van der Waals surface area contributed by atoms with Crippen molar-refractivity contribution >= 4 is 16.0 Å².